The van der Waals surface area contributed by atoms with Gasteiger partial charge in [0, 0.05) is 17.0 Å². The summed E-state index contributed by atoms with van der Waals surface area (Å²) < 4.78 is 5.21. The van der Waals surface area contributed by atoms with Crippen molar-refractivity contribution in [1.82, 2.24) is 10.3 Å². The summed E-state index contributed by atoms with van der Waals surface area (Å²) in [5.74, 6) is -2.06. The number of imide groups is 1. The summed E-state index contributed by atoms with van der Waals surface area (Å²) >= 11 is 0. The monoisotopic (exact) mass is 331 g/mol. The van der Waals surface area contributed by atoms with Crippen molar-refractivity contribution in [3.05, 3.63) is 46.2 Å². The Bertz CT molecular complexity index is 856. The van der Waals surface area contributed by atoms with Gasteiger partial charge in [0.2, 0.25) is 5.56 Å². The SMILES string of the molecule is CC(C)[C@@H](OC(=O)c1cc(=O)[nH]c2ccccc12)C(=O)NC(N)=O. The molecule has 1 aromatic carbocycles. The number of hydrogen-bond acceptors (Lipinski definition) is 5. The van der Waals surface area contributed by atoms with Crippen LogP contribution in [0.15, 0.2) is 35.1 Å². The number of carbonyl (C=O) groups is 3. The lowest BCUT2D eigenvalue weighted by atomic mass is 10.1. The molecule has 0 unspecified atom stereocenters. The molecule has 0 fully saturated rings. The molecule has 2 aromatic rings. The Kier molecular flexibility index (Phi) is 4.98. The molecular formula is C16H17N3O5. The number of aromatic nitrogens is 1. The molecule has 0 saturated carbocycles. The second kappa shape index (κ2) is 6.95. The van der Waals surface area contributed by atoms with Crippen LogP contribution in [0.4, 0.5) is 4.79 Å². The molecular weight excluding hydrogens is 314 g/mol. The van der Waals surface area contributed by atoms with E-state index in [0.717, 1.165) is 6.07 Å². The maximum absolute atomic E-state index is 12.4. The zero-order valence-electron chi connectivity index (χ0n) is 13.2. The van der Waals surface area contributed by atoms with Crippen LogP contribution in [0.2, 0.25) is 0 Å². The van der Waals surface area contributed by atoms with Gasteiger partial charge in [-0.3, -0.25) is 14.9 Å². The molecule has 2 rings (SSSR count). The first-order valence-corrected chi connectivity index (χ1v) is 7.23. The molecule has 0 aliphatic heterocycles. The molecule has 0 bridgehead atoms. The Labute approximate surface area is 137 Å². The lowest BCUT2D eigenvalue weighted by Gasteiger charge is -2.20. The number of carbonyl (C=O) groups excluding carboxylic acids is 3. The van der Waals surface area contributed by atoms with Gasteiger partial charge in [-0.2, -0.15) is 0 Å². The van der Waals surface area contributed by atoms with Gasteiger partial charge in [-0.25, -0.2) is 9.59 Å². The number of primary amides is 1. The average Bonchev–Trinajstić information content (AvgIpc) is 2.50. The number of nitrogens with two attached hydrogens (primary N) is 1. The normalized spacial score (nSPS) is 12.0. The maximum Gasteiger partial charge on any atom is 0.339 e. The summed E-state index contributed by atoms with van der Waals surface area (Å²) in [6, 6.07) is 6.78. The first-order chi connectivity index (χ1) is 11.3. The quantitative estimate of drug-likeness (QED) is 0.716. The van der Waals surface area contributed by atoms with Crippen molar-refractivity contribution in [3.63, 3.8) is 0 Å². The topological polar surface area (TPSA) is 131 Å². The van der Waals surface area contributed by atoms with E-state index in [1.165, 1.54) is 0 Å². The molecule has 24 heavy (non-hydrogen) atoms. The minimum absolute atomic E-state index is 0.0341. The van der Waals surface area contributed by atoms with Crippen LogP contribution in [-0.4, -0.2) is 29.0 Å². The summed E-state index contributed by atoms with van der Waals surface area (Å²) in [6.07, 6.45) is -1.22. The highest BCUT2D eigenvalue weighted by Crippen LogP contribution is 2.17. The summed E-state index contributed by atoms with van der Waals surface area (Å²) in [6.45, 7) is 3.29. The highest BCUT2D eigenvalue weighted by Gasteiger charge is 2.28. The summed E-state index contributed by atoms with van der Waals surface area (Å²) in [4.78, 5) is 49.5. The van der Waals surface area contributed by atoms with Gasteiger partial charge < -0.3 is 15.5 Å². The second-order valence-electron chi connectivity index (χ2n) is 5.52. The number of ether oxygens (including phenoxy) is 1. The van der Waals surface area contributed by atoms with Crippen LogP contribution in [0, 0.1) is 5.92 Å². The number of amides is 3. The number of para-hydroxylation sites is 1. The first-order valence-electron chi connectivity index (χ1n) is 7.23. The fourth-order valence-corrected chi connectivity index (χ4v) is 2.24. The number of fused-ring (bicyclic) bond motifs is 1. The van der Waals surface area contributed by atoms with Crippen LogP contribution in [-0.2, 0) is 9.53 Å². The van der Waals surface area contributed by atoms with Crippen molar-refractivity contribution in [2.24, 2.45) is 11.7 Å². The number of pyridine rings is 1. The number of aromatic amines is 1. The van der Waals surface area contributed by atoms with Gasteiger partial charge in [0.05, 0.1) is 5.56 Å². The van der Waals surface area contributed by atoms with Crippen LogP contribution in [0.5, 0.6) is 0 Å². The molecule has 0 radical (unpaired) electrons. The van der Waals surface area contributed by atoms with E-state index in [4.69, 9.17) is 10.5 Å². The van der Waals surface area contributed by atoms with Gasteiger partial charge in [-0.1, -0.05) is 32.0 Å². The lowest BCUT2D eigenvalue weighted by molar-refractivity contribution is -0.130. The molecule has 126 valence electrons. The molecule has 0 saturated heterocycles. The van der Waals surface area contributed by atoms with E-state index in [1.54, 1.807) is 38.1 Å². The van der Waals surface area contributed by atoms with E-state index >= 15 is 0 Å². The van der Waals surface area contributed by atoms with Gasteiger partial charge in [0.1, 0.15) is 0 Å². The molecule has 1 aromatic heterocycles. The standard InChI is InChI=1S/C16H17N3O5/c1-8(2)13(14(21)19-16(17)23)24-15(22)10-7-12(20)18-11-6-4-3-5-9(10)11/h3-8,13H,1-2H3,(H,18,20)(H3,17,19,21,23)/t13-/m1/s1. The average molecular weight is 331 g/mol. The molecule has 4 N–H and O–H groups in total. The number of urea groups is 1. The second-order valence-corrected chi connectivity index (χ2v) is 5.52. The maximum atomic E-state index is 12.4. The third kappa shape index (κ3) is 3.78. The largest absolute Gasteiger partial charge is 0.448 e. The van der Waals surface area contributed by atoms with Crippen molar-refractivity contribution in [2.75, 3.05) is 0 Å². The smallest absolute Gasteiger partial charge is 0.339 e. The zero-order valence-corrected chi connectivity index (χ0v) is 13.2. The van der Waals surface area contributed by atoms with Crippen LogP contribution < -0.4 is 16.6 Å². The molecule has 3 amide bonds. The van der Waals surface area contributed by atoms with Crippen LogP contribution in [0.1, 0.15) is 24.2 Å². The van der Waals surface area contributed by atoms with Gasteiger partial charge in [0.15, 0.2) is 6.10 Å². The molecule has 8 heteroatoms. The number of nitrogens with one attached hydrogen (secondary N) is 2. The zero-order chi connectivity index (χ0) is 17.9. The number of esters is 1. The van der Waals surface area contributed by atoms with E-state index in [2.05, 4.69) is 4.98 Å². The van der Waals surface area contributed by atoms with Gasteiger partial charge in [0.25, 0.3) is 5.91 Å². The third-order valence-corrected chi connectivity index (χ3v) is 3.31. The molecule has 1 heterocycles. The Morgan fingerprint density at radius 3 is 2.50 bits per heavy atom. The molecule has 8 nitrogen and oxygen atoms in total. The lowest BCUT2D eigenvalue weighted by Crippen LogP contribution is -2.45. The predicted octanol–water partition coefficient (Wildman–Crippen LogP) is 0.904. The van der Waals surface area contributed by atoms with Crippen LogP contribution >= 0.6 is 0 Å². The van der Waals surface area contributed by atoms with Crippen molar-refractivity contribution in [2.45, 2.75) is 20.0 Å². The van der Waals surface area contributed by atoms with Crippen molar-refractivity contribution in [3.8, 4) is 0 Å². The fraction of sp³-hybridized carbons (Fsp3) is 0.250. The van der Waals surface area contributed by atoms with Crippen LogP contribution in [0.3, 0.4) is 0 Å². The number of rotatable bonds is 4. The van der Waals surface area contributed by atoms with Crippen molar-refractivity contribution in [1.29, 1.82) is 0 Å². The summed E-state index contributed by atoms with van der Waals surface area (Å²) in [7, 11) is 0. The highest BCUT2D eigenvalue weighted by molar-refractivity contribution is 6.04. The van der Waals surface area contributed by atoms with Gasteiger partial charge >= 0.3 is 12.0 Å². The van der Waals surface area contributed by atoms with E-state index in [0.29, 0.717) is 10.9 Å². The van der Waals surface area contributed by atoms with Gasteiger partial charge in [-0.05, 0) is 12.0 Å². The van der Waals surface area contributed by atoms with Crippen LogP contribution in [0.25, 0.3) is 10.9 Å². The van der Waals surface area contributed by atoms with E-state index in [1.807, 2.05) is 5.32 Å². The van der Waals surface area contributed by atoms with Gasteiger partial charge in [-0.15, -0.1) is 0 Å². The Balaban J connectivity index is 2.36. The molecule has 1 atom stereocenters. The molecule has 0 aliphatic rings. The van der Waals surface area contributed by atoms with E-state index < -0.39 is 35.5 Å². The highest BCUT2D eigenvalue weighted by atomic mass is 16.5. The molecule has 0 aliphatic carbocycles. The van der Waals surface area contributed by atoms with Crippen molar-refractivity contribution >= 4 is 28.8 Å². The Morgan fingerprint density at radius 2 is 1.88 bits per heavy atom. The fourth-order valence-electron chi connectivity index (χ4n) is 2.24. The van der Waals surface area contributed by atoms with E-state index in [-0.39, 0.29) is 5.56 Å². The minimum atomic E-state index is -1.22. The van der Waals surface area contributed by atoms with E-state index in [9.17, 15) is 19.2 Å². The minimum Gasteiger partial charge on any atom is -0.448 e. The van der Waals surface area contributed by atoms with Crippen molar-refractivity contribution < 1.29 is 19.1 Å². The number of H-pyrrole nitrogens is 1. The summed E-state index contributed by atoms with van der Waals surface area (Å²) in [5, 5.41) is 2.37. The number of benzene rings is 1. The molecule has 0 spiro atoms. The number of hydrogen-bond donors (Lipinski definition) is 3. The Hall–Kier alpha value is -3.16. The Morgan fingerprint density at radius 1 is 1.21 bits per heavy atom. The predicted molar refractivity (Wildman–Crippen MR) is 86.3 cm³/mol. The first kappa shape index (κ1) is 17.2. The third-order valence-electron chi connectivity index (χ3n) is 3.31. The summed E-state index contributed by atoms with van der Waals surface area (Å²) in [5.41, 5.74) is 4.95.